The zero-order valence-corrected chi connectivity index (χ0v) is 11.4. The Kier molecular flexibility index (Phi) is 4.67. The molecule has 2 heterocycles. The van der Waals surface area contributed by atoms with Crippen LogP contribution >= 0.6 is 22.7 Å². The van der Waals surface area contributed by atoms with E-state index in [2.05, 4.69) is 39.4 Å². The Balaban J connectivity index is 1.91. The molecule has 2 aromatic rings. The van der Waals surface area contributed by atoms with Crippen molar-refractivity contribution in [3.8, 4) is 10.6 Å². The van der Waals surface area contributed by atoms with E-state index in [-0.39, 0.29) is 6.61 Å². The fourth-order valence-corrected chi connectivity index (χ4v) is 3.01. The third-order valence-corrected chi connectivity index (χ3v) is 4.14. The number of rotatable bonds is 6. The highest BCUT2D eigenvalue weighted by molar-refractivity contribution is 7.14. The number of aromatic nitrogens is 1. The standard InChI is InChI=1S/C12H16N2OS2/c1-9(2-4-15)13-6-11-8-17-12(14-11)10-3-5-16-7-10/h3,5,7-9,13,15H,2,4,6H2,1H3/t9-/m1/s1. The van der Waals surface area contributed by atoms with Crippen molar-refractivity contribution >= 4 is 22.7 Å². The molecule has 0 radical (unpaired) electrons. The van der Waals surface area contributed by atoms with Crippen LogP contribution in [0.1, 0.15) is 19.0 Å². The number of nitrogens with one attached hydrogen (secondary N) is 1. The normalized spacial score (nSPS) is 12.8. The molecule has 0 spiro atoms. The summed E-state index contributed by atoms with van der Waals surface area (Å²) in [6.07, 6.45) is 0.779. The van der Waals surface area contributed by atoms with E-state index >= 15 is 0 Å². The number of nitrogens with zero attached hydrogens (tertiary/aromatic N) is 1. The fourth-order valence-electron chi connectivity index (χ4n) is 1.48. The molecule has 0 amide bonds. The van der Waals surface area contributed by atoms with E-state index in [9.17, 15) is 0 Å². The van der Waals surface area contributed by atoms with Gasteiger partial charge >= 0.3 is 0 Å². The van der Waals surface area contributed by atoms with Crippen LogP contribution in [0.25, 0.3) is 10.6 Å². The third-order valence-electron chi connectivity index (χ3n) is 2.51. The number of thiophene rings is 1. The molecular formula is C12H16N2OS2. The molecule has 0 aliphatic carbocycles. The van der Waals surface area contributed by atoms with Crippen molar-refractivity contribution in [2.75, 3.05) is 6.61 Å². The van der Waals surface area contributed by atoms with Crippen molar-refractivity contribution in [2.24, 2.45) is 0 Å². The molecule has 92 valence electrons. The van der Waals surface area contributed by atoms with Gasteiger partial charge in [0.2, 0.25) is 0 Å². The highest BCUT2D eigenvalue weighted by Gasteiger charge is 2.06. The summed E-state index contributed by atoms with van der Waals surface area (Å²) in [4.78, 5) is 4.58. The van der Waals surface area contributed by atoms with Crippen LogP contribution in [0, 0.1) is 0 Å². The Morgan fingerprint density at radius 1 is 1.47 bits per heavy atom. The molecule has 2 N–H and O–H groups in total. The monoisotopic (exact) mass is 268 g/mol. The van der Waals surface area contributed by atoms with E-state index in [0.29, 0.717) is 6.04 Å². The second kappa shape index (κ2) is 6.26. The summed E-state index contributed by atoms with van der Waals surface area (Å²) >= 11 is 3.37. The van der Waals surface area contributed by atoms with Crippen LogP contribution in [0.2, 0.25) is 0 Å². The first-order chi connectivity index (χ1) is 8.29. The second-order valence-electron chi connectivity index (χ2n) is 3.95. The summed E-state index contributed by atoms with van der Waals surface area (Å²) < 4.78 is 0. The summed E-state index contributed by atoms with van der Waals surface area (Å²) in [5, 5.41) is 19.5. The molecule has 0 aliphatic rings. The molecule has 0 aliphatic heterocycles. The third kappa shape index (κ3) is 3.61. The average Bonchev–Trinajstić information content (AvgIpc) is 2.97. The Hall–Kier alpha value is -0.750. The Bertz CT molecular complexity index is 439. The lowest BCUT2D eigenvalue weighted by Gasteiger charge is -2.10. The molecule has 2 rings (SSSR count). The van der Waals surface area contributed by atoms with Crippen LogP contribution < -0.4 is 5.32 Å². The molecule has 2 aromatic heterocycles. The minimum Gasteiger partial charge on any atom is -0.396 e. The topological polar surface area (TPSA) is 45.1 Å². The van der Waals surface area contributed by atoms with E-state index in [1.165, 1.54) is 5.56 Å². The molecule has 17 heavy (non-hydrogen) atoms. The van der Waals surface area contributed by atoms with Crippen molar-refractivity contribution in [1.29, 1.82) is 0 Å². The quantitative estimate of drug-likeness (QED) is 0.846. The van der Waals surface area contributed by atoms with Gasteiger partial charge in [0.15, 0.2) is 0 Å². The summed E-state index contributed by atoms with van der Waals surface area (Å²) in [5.41, 5.74) is 2.27. The van der Waals surface area contributed by atoms with E-state index < -0.39 is 0 Å². The van der Waals surface area contributed by atoms with Gasteiger partial charge in [0.05, 0.1) is 5.69 Å². The van der Waals surface area contributed by atoms with Crippen LogP contribution in [-0.2, 0) is 6.54 Å². The second-order valence-corrected chi connectivity index (χ2v) is 5.59. The van der Waals surface area contributed by atoms with Gasteiger partial charge in [-0.15, -0.1) is 11.3 Å². The van der Waals surface area contributed by atoms with Crippen LogP contribution in [0.3, 0.4) is 0 Å². The van der Waals surface area contributed by atoms with Crippen molar-refractivity contribution in [3.05, 3.63) is 27.9 Å². The molecular weight excluding hydrogens is 252 g/mol. The molecule has 0 unspecified atom stereocenters. The number of aliphatic hydroxyl groups is 1. The van der Waals surface area contributed by atoms with Gasteiger partial charge in [0, 0.05) is 35.5 Å². The maximum absolute atomic E-state index is 8.81. The van der Waals surface area contributed by atoms with Crippen molar-refractivity contribution in [2.45, 2.75) is 25.9 Å². The zero-order valence-electron chi connectivity index (χ0n) is 9.72. The Morgan fingerprint density at radius 3 is 3.06 bits per heavy atom. The maximum Gasteiger partial charge on any atom is 0.124 e. The lowest BCUT2D eigenvalue weighted by Crippen LogP contribution is -2.26. The number of aliphatic hydroxyl groups excluding tert-OH is 1. The highest BCUT2D eigenvalue weighted by atomic mass is 32.1. The van der Waals surface area contributed by atoms with Gasteiger partial charge in [-0.3, -0.25) is 0 Å². The van der Waals surface area contributed by atoms with Crippen LogP contribution in [0.15, 0.2) is 22.2 Å². The molecule has 0 bridgehead atoms. The average molecular weight is 268 g/mol. The predicted molar refractivity (Wildman–Crippen MR) is 73.4 cm³/mol. The first kappa shape index (κ1) is 12.7. The molecule has 0 saturated carbocycles. The van der Waals surface area contributed by atoms with Gasteiger partial charge < -0.3 is 10.4 Å². The van der Waals surface area contributed by atoms with E-state index in [0.717, 1.165) is 23.7 Å². The van der Waals surface area contributed by atoms with Gasteiger partial charge in [-0.05, 0) is 24.8 Å². The Morgan fingerprint density at radius 2 is 2.35 bits per heavy atom. The van der Waals surface area contributed by atoms with Crippen molar-refractivity contribution in [1.82, 2.24) is 10.3 Å². The summed E-state index contributed by atoms with van der Waals surface area (Å²) in [5.74, 6) is 0. The Labute approximate surface area is 109 Å². The van der Waals surface area contributed by atoms with Crippen LogP contribution in [0.4, 0.5) is 0 Å². The maximum atomic E-state index is 8.81. The first-order valence-corrected chi connectivity index (χ1v) is 7.43. The molecule has 5 heteroatoms. The van der Waals surface area contributed by atoms with Crippen molar-refractivity contribution < 1.29 is 5.11 Å². The lowest BCUT2D eigenvalue weighted by molar-refractivity contribution is 0.268. The van der Waals surface area contributed by atoms with E-state index in [1.807, 2.05) is 0 Å². The molecule has 0 saturated heterocycles. The number of thiazole rings is 1. The zero-order chi connectivity index (χ0) is 12.1. The smallest absolute Gasteiger partial charge is 0.124 e. The van der Waals surface area contributed by atoms with E-state index in [1.54, 1.807) is 22.7 Å². The SMILES string of the molecule is C[C@H](CCO)NCc1csc(-c2ccsc2)n1. The summed E-state index contributed by atoms with van der Waals surface area (Å²) in [6, 6.07) is 2.42. The van der Waals surface area contributed by atoms with Gasteiger partial charge in [0.25, 0.3) is 0 Å². The molecule has 3 nitrogen and oxygen atoms in total. The minimum atomic E-state index is 0.228. The molecule has 0 fully saturated rings. The predicted octanol–water partition coefficient (Wildman–Crippen LogP) is 2.73. The van der Waals surface area contributed by atoms with Gasteiger partial charge in [-0.2, -0.15) is 11.3 Å². The van der Waals surface area contributed by atoms with Crippen LogP contribution in [-0.4, -0.2) is 22.7 Å². The fraction of sp³-hybridized carbons (Fsp3) is 0.417. The lowest BCUT2D eigenvalue weighted by atomic mass is 10.2. The summed E-state index contributed by atoms with van der Waals surface area (Å²) in [6.45, 7) is 3.07. The highest BCUT2D eigenvalue weighted by Crippen LogP contribution is 2.25. The molecule has 1 atom stereocenters. The first-order valence-electron chi connectivity index (χ1n) is 5.61. The summed E-state index contributed by atoms with van der Waals surface area (Å²) in [7, 11) is 0. The number of hydrogen-bond donors (Lipinski definition) is 2. The van der Waals surface area contributed by atoms with Gasteiger partial charge in [-0.25, -0.2) is 4.98 Å². The minimum absolute atomic E-state index is 0.228. The molecule has 0 aromatic carbocycles. The van der Waals surface area contributed by atoms with Gasteiger partial charge in [-0.1, -0.05) is 0 Å². The van der Waals surface area contributed by atoms with E-state index in [4.69, 9.17) is 5.11 Å². The van der Waals surface area contributed by atoms with Crippen LogP contribution in [0.5, 0.6) is 0 Å². The number of hydrogen-bond acceptors (Lipinski definition) is 5. The van der Waals surface area contributed by atoms with Crippen molar-refractivity contribution in [3.63, 3.8) is 0 Å². The largest absolute Gasteiger partial charge is 0.396 e. The van der Waals surface area contributed by atoms with Gasteiger partial charge in [0.1, 0.15) is 5.01 Å².